The maximum absolute atomic E-state index is 13.7. The molecule has 0 radical (unpaired) electrons. The molecule has 1 unspecified atom stereocenters. The minimum absolute atomic E-state index is 0.00890. The van der Waals surface area contributed by atoms with E-state index >= 15 is 0 Å². The molecule has 1 aromatic heterocycles. The van der Waals surface area contributed by atoms with E-state index in [1.54, 1.807) is 0 Å². The minimum Gasteiger partial charge on any atom is -0.496 e. The number of rotatable bonds is 9. The Bertz CT molecular complexity index is 1040. The number of benzene rings is 1. The third-order valence-corrected chi connectivity index (χ3v) is 6.53. The molecule has 1 aromatic carbocycles. The van der Waals surface area contributed by atoms with Crippen molar-refractivity contribution in [3.8, 4) is 5.75 Å². The molecular weight excluding hydrogens is 455 g/mol. The van der Waals surface area contributed by atoms with Crippen molar-refractivity contribution in [1.82, 2.24) is 19.8 Å². The lowest BCUT2D eigenvalue weighted by atomic mass is 10.0. The number of aldehydes is 1. The molecule has 0 saturated carbocycles. The summed E-state index contributed by atoms with van der Waals surface area (Å²) in [5.74, 6) is -0.476. The molecule has 0 spiro atoms. The lowest BCUT2D eigenvalue weighted by molar-refractivity contribution is -0.112. The second-order valence-corrected chi connectivity index (χ2v) is 8.65. The number of hydrogen-bond acceptors (Lipinski definition) is 10. The Morgan fingerprint density at radius 2 is 1.97 bits per heavy atom. The Morgan fingerprint density at radius 3 is 2.63 bits per heavy atom. The van der Waals surface area contributed by atoms with Crippen LogP contribution >= 0.6 is 0 Å². The Balaban J connectivity index is 1.38. The molecule has 2 fully saturated rings. The zero-order chi connectivity index (χ0) is 24.8. The van der Waals surface area contributed by atoms with Crippen LogP contribution in [0.25, 0.3) is 0 Å². The molecule has 4 rings (SSSR count). The molecule has 2 saturated heterocycles. The average molecular weight is 487 g/mol. The lowest BCUT2D eigenvalue weighted by Gasteiger charge is -2.43. The number of piperidine rings is 1. The summed E-state index contributed by atoms with van der Waals surface area (Å²) in [7, 11) is 1.41. The number of ketones is 1. The van der Waals surface area contributed by atoms with E-state index in [1.807, 2.05) is 0 Å². The number of likely N-dealkylation sites (tertiary alicyclic amines) is 1. The highest BCUT2D eigenvalue weighted by Crippen LogP contribution is 2.25. The van der Waals surface area contributed by atoms with Crippen molar-refractivity contribution in [3.05, 3.63) is 41.3 Å². The van der Waals surface area contributed by atoms with E-state index < -0.39 is 11.6 Å². The average Bonchev–Trinajstić information content (AvgIpc) is 2.88. The number of morpholine rings is 1. The monoisotopic (exact) mass is 486 g/mol. The number of anilines is 2. The van der Waals surface area contributed by atoms with Crippen LogP contribution in [-0.2, 0) is 9.53 Å². The zero-order valence-corrected chi connectivity index (χ0v) is 19.8. The van der Waals surface area contributed by atoms with Crippen molar-refractivity contribution in [2.75, 3.05) is 57.6 Å². The smallest absolute Gasteiger partial charge is 0.224 e. The van der Waals surface area contributed by atoms with Gasteiger partial charge < -0.3 is 25.3 Å². The second-order valence-electron chi connectivity index (χ2n) is 8.65. The number of aromatic nitrogens is 2. The quantitative estimate of drug-likeness (QED) is 0.399. The number of methoxy groups -OCH3 is 1. The highest BCUT2D eigenvalue weighted by atomic mass is 19.1. The minimum atomic E-state index is -0.553. The van der Waals surface area contributed by atoms with Crippen LogP contribution in [0.5, 0.6) is 5.75 Å². The SMILES string of the molecule is COc1ccc(F)cc1C(=O)c1cnc(NC2CCN(C(CC=O)N3CCOCC3)CC2)nc1N. The van der Waals surface area contributed by atoms with Crippen LogP contribution in [0, 0.1) is 5.82 Å². The van der Waals surface area contributed by atoms with Crippen molar-refractivity contribution in [1.29, 1.82) is 0 Å². The van der Waals surface area contributed by atoms with E-state index in [2.05, 4.69) is 25.1 Å². The number of carbonyl (C=O) groups excluding carboxylic acids is 2. The topological polar surface area (TPSA) is 123 Å². The molecule has 188 valence electrons. The van der Waals surface area contributed by atoms with E-state index in [9.17, 15) is 14.0 Å². The summed E-state index contributed by atoms with van der Waals surface area (Å²) in [6, 6.07) is 3.85. The Morgan fingerprint density at radius 1 is 1.26 bits per heavy atom. The van der Waals surface area contributed by atoms with Crippen molar-refractivity contribution in [2.45, 2.75) is 31.5 Å². The molecule has 0 aliphatic carbocycles. The van der Waals surface area contributed by atoms with Crippen LogP contribution in [0.15, 0.2) is 24.4 Å². The second kappa shape index (κ2) is 11.5. The fourth-order valence-corrected chi connectivity index (χ4v) is 4.66. The summed E-state index contributed by atoms with van der Waals surface area (Å²) in [5.41, 5.74) is 6.21. The van der Waals surface area contributed by atoms with Gasteiger partial charge >= 0.3 is 0 Å². The zero-order valence-electron chi connectivity index (χ0n) is 19.8. The number of nitrogen functional groups attached to an aromatic ring is 1. The van der Waals surface area contributed by atoms with E-state index in [0.29, 0.717) is 25.6 Å². The molecule has 11 heteroatoms. The lowest BCUT2D eigenvalue weighted by Crippen LogP contribution is -2.55. The van der Waals surface area contributed by atoms with Crippen molar-refractivity contribution in [3.63, 3.8) is 0 Å². The molecule has 10 nitrogen and oxygen atoms in total. The Labute approximate surface area is 203 Å². The van der Waals surface area contributed by atoms with Gasteiger partial charge in [-0.3, -0.25) is 14.6 Å². The molecule has 3 N–H and O–H groups in total. The Hall–Kier alpha value is -3.15. The standard InChI is InChI=1S/C24H31FN6O4/c1-34-20-3-2-16(25)14-18(20)22(33)19-15-27-24(29-23(19)26)28-17-4-7-30(8-5-17)21(6-11-32)31-9-12-35-13-10-31/h2-3,11,14-15,17,21H,4-10,12-13H2,1H3,(H3,26,27,28,29). The predicted molar refractivity (Wildman–Crippen MR) is 128 cm³/mol. The van der Waals surface area contributed by atoms with Gasteiger partial charge in [0.1, 0.15) is 23.7 Å². The first kappa shape index (κ1) is 25.0. The largest absolute Gasteiger partial charge is 0.496 e. The summed E-state index contributed by atoms with van der Waals surface area (Å²) in [6.45, 7) is 4.71. The third kappa shape index (κ3) is 5.92. The van der Waals surface area contributed by atoms with Crippen LogP contribution in [0.1, 0.15) is 35.2 Å². The van der Waals surface area contributed by atoms with Gasteiger partial charge in [-0.1, -0.05) is 0 Å². The highest BCUT2D eigenvalue weighted by Gasteiger charge is 2.30. The van der Waals surface area contributed by atoms with Crippen LogP contribution in [0.2, 0.25) is 0 Å². The van der Waals surface area contributed by atoms with Crippen molar-refractivity contribution < 1.29 is 23.5 Å². The first-order valence-electron chi connectivity index (χ1n) is 11.8. The van der Waals surface area contributed by atoms with Crippen molar-refractivity contribution in [2.24, 2.45) is 0 Å². The highest BCUT2D eigenvalue weighted by molar-refractivity contribution is 6.13. The maximum Gasteiger partial charge on any atom is 0.224 e. The van der Waals surface area contributed by atoms with Gasteiger partial charge in [0.2, 0.25) is 11.7 Å². The van der Waals surface area contributed by atoms with Gasteiger partial charge in [0, 0.05) is 44.8 Å². The molecular formula is C24H31FN6O4. The first-order chi connectivity index (χ1) is 17.0. The fraction of sp³-hybridized carbons (Fsp3) is 0.500. The number of nitrogens with zero attached hydrogens (tertiary/aromatic N) is 4. The fourth-order valence-electron chi connectivity index (χ4n) is 4.66. The molecule has 3 heterocycles. The summed E-state index contributed by atoms with van der Waals surface area (Å²) in [5, 5.41) is 3.30. The molecule has 0 amide bonds. The van der Waals surface area contributed by atoms with Crippen LogP contribution in [0.4, 0.5) is 16.2 Å². The molecule has 2 aromatic rings. The molecule has 1 atom stereocenters. The Kier molecular flexibility index (Phi) is 8.21. The molecule has 2 aliphatic rings. The first-order valence-corrected chi connectivity index (χ1v) is 11.8. The van der Waals surface area contributed by atoms with E-state index in [1.165, 1.54) is 25.4 Å². The molecule has 0 bridgehead atoms. The van der Waals surface area contributed by atoms with Crippen LogP contribution in [-0.4, -0.2) is 90.5 Å². The van der Waals surface area contributed by atoms with Gasteiger partial charge in [-0.2, -0.15) is 4.98 Å². The number of ether oxygens (including phenoxy) is 2. The van der Waals surface area contributed by atoms with Gasteiger partial charge in [-0.25, -0.2) is 9.37 Å². The number of nitrogens with one attached hydrogen (secondary N) is 1. The van der Waals surface area contributed by atoms with Crippen molar-refractivity contribution >= 4 is 23.8 Å². The van der Waals surface area contributed by atoms with E-state index in [4.69, 9.17) is 15.2 Å². The molecule has 2 aliphatic heterocycles. The van der Waals surface area contributed by atoms with Gasteiger partial charge in [-0.15, -0.1) is 0 Å². The molecule has 35 heavy (non-hydrogen) atoms. The maximum atomic E-state index is 13.7. The van der Waals surface area contributed by atoms with E-state index in [-0.39, 0.29) is 34.9 Å². The normalized spacial score (nSPS) is 18.7. The summed E-state index contributed by atoms with van der Waals surface area (Å²) in [4.78, 5) is 37.4. The van der Waals surface area contributed by atoms with Gasteiger partial charge in [0.25, 0.3) is 0 Å². The van der Waals surface area contributed by atoms with Gasteiger partial charge in [0.15, 0.2) is 0 Å². The van der Waals surface area contributed by atoms with Crippen LogP contribution in [0.3, 0.4) is 0 Å². The number of hydrogen-bond donors (Lipinski definition) is 2. The van der Waals surface area contributed by atoms with Crippen LogP contribution < -0.4 is 15.8 Å². The number of nitrogens with two attached hydrogens (primary N) is 1. The van der Waals surface area contributed by atoms with Gasteiger partial charge in [0.05, 0.1) is 37.6 Å². The third-order valence-electron chi connectivity index (χ3n) is 6.53. The van der Waals surface area contributed by atoms with E-state index in [0.717, 1.165) is 51.4 Å². The number of halogens is 1. The predicted octanol–water partition coefficient (Wildman–Crippen LogP) is 1.56. The number of carbonyl (C=O) groups is 2. The summed E-state index contributed by atoms with van der Waals surface area (Å²) < 4.78 is 24.3. The summed E-state index contributed by atoms with van der Waals surface area (Å²) in [6.07, 6.45) is 4.61. The summed E-state index contributed by atoms with van der Waals surface area (Å²) >= 11 is 0. The van der Waals surface area contributed by atoms with Gasteiger partial charge in [-0.05, 0) is 31.0 Å².